The van der Waals surface area contributed by atoms with E-state index in [1.807, 2.05) is 17.9 Å². The highest BCUT2D eigenvalue weighted by Gasteiger charge is 2.23. The van der Waals surface area contributed by atoms with Gasteiger partial charge in [-0.05, 0) is 31.4 Å². The summed E-state index contributed by atoms with van der Waals surface area (Å²) in [5.41, 5.74) is 6.92. The molecule has 2 unspecified atom stereocenters. The molecular weight excluding hydrogens is 200 g/mol. The van der Waals surface area contributed by atoms with Gasteiger partial charge in [0.15, 0.2) is 0 Å². The Morgan fingerprint density at radius 3 is 3.00 bits per heavy atom. The van der Waals surface area contributed by atoms with Crippen LogP contribution in [0.4, 0.5) is 0 Å². The SMILES string of the molecule is Cn1ccc(CNC2CCCCC2CN)n1. The van der Waals surface area contributed by atoms with Crippen molar-refractivity contribution < 1.29 is 0 Å². The lowest BCUT2D eigenvalue weighted by Crippen LogP contribution is -2.41. The van der Waals surface area contributed by atoms with E-state index in [4.69, 9.17) is 5.73 Å². The Balaban J connectivity index is 1.84. The van der Waals surface area contributed by atoms with Crippen molar-refractivity contribution in [1.82, 2.24) is 15.1 Å². The lowest BCUT2D eigenvalue weighted by molar-refractivity contribution is 0.266. The van der Waals surface area contributed by atoms with Gasteiger partial charge in [0.1, 0.15) is 0 Å². The van der Waals surface area contributed by atoms with E-state index in [1.54, 1.807) is 0 Å². The van der Waals surface area contributed by atoms with E-state index in [0.717, 1.165) is 18.8 Å². The van der Waals surface area contributed by atoms with Crippen LogP contribution in [0.15, 0.2) is 12.3 Å². The molecule has 1 aliphatic carbocycles. The Morgan fingerprint density at radius 1 is 1.50 bits per heavy atom. The van der Waals surface area contributed by atoms with Crippen LogP contribution in [-0.4, -0.2) is 22.4 Å². The molecule has 0 spiro atoms. The van der Waals surface area contributed by atoms with Crippen LogP contribution in [0, 0.1) is 5.92 Å². The number of hydrogen-bond donors (Lipinski definition) is 2. The van der Waals surface area contributed by atoms with Gasteiger partial charge in [-0.2, -0.15) is 5.10 Å². The fourth-order valence-corrected chi connectivity index (χ4v) is 2.55. The Labute approximate surface area is 97.2 Å². The van der Waals surface area contributed by atoms with Gasteiger partial charge in [0, 0.05) is 25.8 Å². The zero-order valence-electron chi connectivity index (χ0n) is 10.0. The molecule has 1 aliphatic rings. The lowest BCUT2D eigenvalue weighted by atomic mass is 9.84. The van der Waals surface area contributed by atoms with Crippen LogP contribution in [0.3, 0.4) is 0 Å². The molecule has 0 aliphatic heterocycles. The third-order valence-electron chi connectivity index (χ3n) is 3.53. The number of aryl methyl sites for hydroxylation is 1. The molecule has 1 fully saturated rings. The second-order valence-corrected chi connectivity index (χ2v) is 4.75. The molecule has 0 bridgehead atoms. The highest BCUT2D eigenvalue weighted by atomic mass is 15.3. The van der Waals surface area contributed by atoms with Crippen LogP contribution in [0.1, 0.15) is 31.4 Å². The molecule has 4 heteroatoms. The van der Waals surface area contributed by atoms with Crippen LogP contribution in [-0.2, 0) is 13.6 Å². The fraction of sp³-hybridized carbons (Fsp3) is 0.750. The van der Waals surface area contributed by atoms with Crippen LogP contribution in [0.5, 0.6) is 0 Å². The summed E-state index contributed by atoms with van der Waals surface area (Å²) in [7, 11) is 1.95. The van der Waals surface area contributed by atoms with Gasteiger partial charge in [-0.3, -0.25) is 4.68 Å². The van der Waals surface area contributed by atoms with Gasteiger partial charge >= 0.3 is 0 Å². The first kappa shape index (κ1) is 11.6. The van der Waals surface area contributed by atoms with Gasteiger partial charge in [0.2, 0.25) is 0 Å². The van der Waals surface area contributed by atoms with Gasteiger partial charge in [-0.1, -0.05) is 12.8 Å². The van der Waals surface area contributed by atoms with Crippen molar-refractivity contribution in [3.63, 3.8) is 0 Å². The summed E-state index contributed by atoms with van der Waals surface area (Å²) in [5, 5.41) is 7.97. The first-order valence-corrected chi connectivity index (χ1v) is 6.21. The summed E-state index contributed by atoms with van der Waals surface area (Å²) >= 11 is 0. The van der Waals surface area contributed by atoms with Crippen molar-refractivity contribution in [2.24, 2.45) is 18.7 Å². The Kier molecular flexibility index (Phi) is 3.96. The standard InChI is InChI=1S/C12H22N4/c1-16-7-6-11(15-16)9-14-12-5-3-2-4-10(12)8-13/h6-7,10,12,14H,2-5,8-9,13H2,1H3. The summed E-state index contributed by atoms with van der Waals surface area (Å²) in [6.45, 7) is 1.67. The van der Waals surface area contributed by atoms with Crippen molar-refractivity contribution in [2.75, 3.05) is 6.54 Å². The molecule has 90 valence electrons. The highest BCUT2D eigenvalue weighted by Crippen LogP contribution is 2.23. The minimum atomic E-state index is 0.584. The minimum absolute atomic E-state index is 0.584. The van der Waals surface area contributed by atoms with Gasteiger partial charge in [-0.15, -0.1) is 0 Å². The van der Waals surface area contributed by atoms with E-state index >= 15 is 0 Å². The Morgan fingerprint density at radius 2 is 2.31 bits per heavy atom. The monoisotopic (exact) mass is 222 g/mol. The van der Waals surface area contributed by atoms with Gasteiger partial charge in [0.05, 0.1) is 5.69 Å². The summed E-state index contributed by atoms with van der Waals surface area (Å²) in [6, 6.07) is 2.65. The van der Waals surface area contributed by atoms with Gasteiger partial charge in [0.25, 0.3) is 0 Å². The predicted molar refractivity (Wildman–Crippen MR) is 64.8 cm³/mol. The molecule has 3 N–H and O–H groups in total. The molecule has 0 aromatic carbocycles. The number of nitrogens with two attached hydrogens (primary N) is 1. The molecule has 4 nitrogen and oxygen atoms in total. The van der Waals surface area contributed by atoms with E-state index in [2.05, 4.69) is 16.5 Å². The van der Waals surface area contributed by atoms with E-state index in [-0.39, 0.29) is 0 Å². The molecule has 1 saturated carbocycles. The second kappa shape index (κ2) is 5.46. The van der Waals surface area contributed by atoms with E-state index in [9.17, 15) is 0 Å². The van der Waals surface area contributed by atoms with E-state index < -0.39 is 0 Å². The van der Waals surface area contributed by atoms with Crippen molar-refractivity contribution in [3.05, 3.63) is 18.0 Å². The topological polar surface area (TPSA) is 55.9 Å². The number of aromatic nitrogens is 2. The fourth-order valence-electron chi connectivity index (χ4n) is 2.55. The minimum Gasteiger partial charge on any atom is -0.330 e. The molecular formula is C12H22N4. The summed E-state index contributed by atoms with van der Waals surface area (Å²) < 4.78 is 1.85. The third kappa shape index (κ3) is 2.83. The Hall–Kier alpha value is -0.870. The average Bonchev–Trinajstić information content (AvgIpc) is 2.73. The van der Waals surface area contributed by atoms with Crippen LogP contribution in [0.2, 0.25) is 0 Å². The molecule has 1 heterocycles. The van der Waals surface area contributed by atoms with E-state index in [0.29, 0.717) is 12.0 Å². The lowest BCUT2D eigenvalue weighted by Gasteiger charge is -2.31. The molecule has 2 atom stereocenters. The molecule has 0 amide bonds. The zero-order chi connectivity index (χ0) is 11.4. The number of hydrogen-bond acceptors (Lipinski definition) is 3. The maximum atomic E-state index is 5.81. The van der Waals surface area contributed by atoms with Crippen LogP contribution in [0.25, 0.3) is 0 Å². The normalized spacial score (nSPS) is 25.9. The number of nitrogens with zero attached hydrogens (tertiary/aromatic N) is 2. The van der Waals surface area contributed by atoms with Gasteiger partial charge < -0.3 is 11.1 Å². The quantitative estimate of drug-likeness (QED) is 0.800. The maximum absolute atomic E-state index is 5.81. The second-order valence-electron chi connectivity index (χ2n) is 4.75. The molecule has 1 aromatic rings. The smallest absolute Gasteiger partial charge is 0.0762 e. The largest absolute Gasteiger partial charge is 0.330 e. The molecule has 1 aromatic heterocycles. The molecule has 2 rings (SSSR count). The zero-order valence-corrected chi connectivity index (χ0v) is 10.0. The Bertz CT molecular complexity index is 321. The number of nitrogens with one attached hydrogen (secondary N) is 1. The van der Waals surface area contributed by atoms with Crippen molar-refractivity contribution >= 4 is 0 Å². The van der Waals surface area contributed by atoms with Crippen molar-refractivity contribution in [1.29, 1.82) is 0 Å². The summed E-state index contributed by atoms with van der Waals surface area (Å²) in [4.78, 5) is 0. The highest BCUT2D eigenvalue weighted by molar-refractivity contribution is 4.98. The maximum Gasteiger partial charge on any atom is 0.0762 e. The summed E-state index contributed by atoms with van der Waals surface area (Å²) in [6.07, 6.45) is 7.18. The summed E-state index contributed by atoms with van der Waals surface area (Å²) in [5.74, 6) is 0.650. The third-order valence-corrected chi connectivity index (χ3v) is 3.53. The first-order valence-electron chi connectivity index (χ1n) is 6.21. The van der Waals surface area contributed by atoms with Crippen molar-refractivity contribution in [3.8, 4) is 0 Å². The molecule has 16 heavy (non-hydrogen) atoms. The van der Waals surface area contributed by atoms with Gasteiger partial charge in [-0.25, -0.2) is 0 Å². The first-order chi connectivity index (χ1) is 7.79. The molecule has 0 saturated heterocycles. The van der Waals surface area contributed by atoms with Crippen molar-refractivity contribution in [2.45, 2.75) is 38.3 Å². The van der Waals surface area contributed by atoms with E-state index in [1.165, 1.54) is 25.7 Å². The van der Waals surface area contributed by atoms with Crippen LogP contribution < -0.4 is 11.1 Å². The molecule has 0 radical (unpaired) electrons. The predicted octanol–water partition coefficient (Wildman–Crippen LogP) is 1.03. The van der Waals surface area contributed by atoms with Crippen LogP contribution >= 0.6 is 0 Å². The average molecular weight is 222 g/mol. The number of rotatable bonds is 4.